The molecule has 0 bridgehead atoms. The molecule has 8 nitrogen and oxygen atoms in total. The number of anilines is 2. The van der Waals surface area contributed by atoms with Crippen molar-refractivity contribution in [2.75, 3.05) is 35.5 Å². The van der Waals surface area contributed by atoms with Crippen LogP contribution in [0.4, 0.5) is 11.4 Å². The topological polar surface area (TPSA) is 96.0 Å². The maximum Gasteiger partial charge on any atom is 0.265 e. The molecule has 0 aromatic heterocycles. The van der Waals surface area contributed by atoms with Gasteiger partial charge in [0.05, 0.1) is 23.2 Å². The molecule has 0 radical (unpaired) electrons. The number of hydrogen-bond acceptors (Lipinski definition) is 5. The van der Waals surface area contributed by atoms with Crippen LogP contribution in [0.1, 0.15) is 30.6 Å². The maximum atomic E-state index is 13.0. The van der Waals surface area contributed by atoms with Crippen LogP contribution in [0.5, 0.6) is 5.75 Å². The highest BCUT2D eigenvalue weighted by molar-refractivity contribution is 7.92. The van der Waals surface area contributed by atoms with Gasteiger partial charge in [-0.2, -0.15) is 0 Å². The lowest BCUT2D eigenvalue weighted by atomic mass is 10.1. The molecule has 2 aromatic carbocycles. The van der Waals surface area contributed by atoms with Gasteiger partial charge >= 0.3 is 0 Å². The Morgan fingerprint density at radius 2 is 1.74 bits per heavy atom. The van der Waals surface area contributed by atoms with Gasteiger partial charge in [0.2, 0.25) is 10.0 Å². The van der Waals surface area contributed by atoms with Crippen LogP contribution < -0.4 is 14.4 Å². The average molecular weight is 446 g/mol. The number of para-hydroxylation sites is 3. The number of nitrogens with zero attached hydrogens (tertiary/aromatic N) is 2. The summed E-state index contributed by atoms with van der Waals surface area (Å²) in [4.78, 5) is 27.5. The van der Waals surface area contributed by atoms with Crippen LogP contribution in [0.15, 0.2) is 48.5 Å². The minimum Gasteiger partial charge on any atom is -0.478 e. The lowest BCUT2D eigenvalue weighted by molar-refractivity contribution is -0.122. The van der Waals surface area contributed by atoms with Crippen LogP contribution in [0.25, 0.3) is 0 Å². The first-order chi connectivity index (χ1) is 14.8. The highest BCUT2D eigenvalue weighted by Crippen LogP contribution is 2.34. The van der Waals surface area contributed by atoms with E-state index in [2.05, 4.69) is 5.32 Å². The third-order valence-electron chi connectivity index (χ3n) is 5.16. The number of rotatable bonds is 6. The monoisotopic (exact) mass is 445 g/mol. The molecule has 3 rings (SSSR count). The van der Waals surface area contributed by atoms with Crippen molar-refractivity contribution in [1.29, 1.82) is 0 Å². The van der Waals surface area contributed by atoms with Crippen molar-refractivity contribution in [3.05, 3.63) is 54.1 Å². The number of fused-ring (bicyclic) bond motifs is 1. The summed E-state index contributed by atoms with van der Waals surface area (Å²) in [6.07, 6.45) is 0.378. The molecule has 1 aliphatic rings. The van der Waals surface area contributed by atoms with Crippen LogP contribution >= 0.6 is 0 Å². The third kappa shape index (κ3) is 4.99. The number of hydrogen-bond donors (Lipinski definition) is 1. The first-order valence-electron chi connectivity index (χ1n) is 10.2. The molecule has 0 saturated heterocycles. The normalized spacial score (nSPS) is 16.0. The van der Waals surface area contributed by atoms with Gasteiger partial charge in [-0.05, 0) is 38.1 Å². The van der Waals surface area contributed by atoms with Gasteiger partial charge < -0.3 is 15.0 Å². The molecule has 2 amide bonds. The van der Waals surface area contributed by atoms with Gasteiger partial charge in [-0.1, -0.05) is 24.3 Å². The number of carbonyl (C=O) groups excluding carboxylic acids is 2. The van der Waals surface area contributed by atoms with Gasteiger partial charge in [-0.3, -0.25) is 13.9 Å². The Bertz CT molecular complexity index is 1070. The summed E-state index contributed by atoms with van der Waals surface area (Å²) in [5.41, 5.74) is 1.19. The van der Waals surface area contributed by atoms with E-state index in [4.69, 9.17) is 4.74 Å². The molecular weight excluding hydrogens is 418 g/mol. The molecule has 0 aliphatic carbocycles. The fourth-order valence-electron chi connectivity index (χ4n) is 3.53. The molecule has 9 heteroatoms. The lowest BCUT2D eigenvalue weighted by Gasteiger charge is -2.21. The van der Waals surface area contributed by atoms with E-state index in [0.29, 0.717) is 35.8 Å². The van der Waals surface area contributed by atoms with Crippen LogP contribution in [-0.2, 0) is 14.8 Å². The molecule has 2 aromatic rings. The zero-order valence-electron chi connectivity index (χ0n) is 17.9. The molecular formula is C22H27N3O5S. The molecule has 0 saturated carbocycles. The van der Waals surface area contributed by atoms with E-state index in [9.17, 15) is 18.0 Å². The van der Waals surface area contributed by atoms with Crippen molar-refractivity contribution >= 4 is 33.2 Å². The Hall–Kier alpha value is -3.07. The second-order valence-corrected chi connectivity index (χ2v) is 9.12. The van der Waals surface area contributed by atoms with E-state index >= 15 is 0 Å². The van der Waals surface area contributed by atoms with Gasteiger partial charge in [0.15, 0.2) is 6.10 Å². The van der Waals surface area contributed by atoms with Gasteiger partial charge in [0.25, 0.3) is 11.8 Å². The largest absolute Gasteiger partial charge is 0.478 e. The predicted octanol–water partition coefficient (Wildman–Crippen LogP) is 2.72. The Labute approximate surface area is 182 Å². The summed E-state index contributed by atoms with van der Waals surface area (Å²) >= 11 is 0. The van der Waals surface area contributed by atoms with Crippen molar-refractivity contribution in [2.24, 2.45) is 0 Å². The Balaban J connectivity index is 1.85. The molecule has 31 heavy (non-hydrogen) atoms. The van der Waals surface area contributed by atoms with Crippen LogP contribution in [0.2, 0.25) is 0 Å². The van der Waals surface area contributed by atoms with Crippen molar-refractivity contribution in [3.63, 3.8) is 0 Å². The number of carbonyl (C=O) groups is 2. The summed E-state index contributed by atoms with van der Waals surface area (Å²) < 4.78 is 31.6. The first kappa shape index (κ1) is 22.6. The van der Waals surface area contributed by atoms with Crippen molar-refractivity contribution in [2.45, 2.75) is 26.4 Å². The molecule has 0 spiro atoms. The number of benzene rings is 2. The quantitative estimate of drug-likeness (QED) is 0.738. The zero-order valence-corrected chi connectivity index (χ0v) is 18.7. The molecule has 166 valence electrons. The average Bonchev–Trinajstić information content (AvgIpc) is 2.94. The summed E-state index contributed by atoms with van der Waals surface area (Å²) in [6, 6.07) is 13.5. The predicted molar refractivity (Wildman–Crippen MR) is 120 cm³/mol. The van der Waals surface area contributed by atoms with Gasteiger partial charge in [0.1, 0.15) is 5.75 Å². The van der Waals surface area contributed by atoms with E-state index in [1.165, 1.54) is 4.31 Å². The SMILES string of the molecule is CCN(CC)C(=O)c1ccccc1NC(=O)C1CCN(S(C)(=O)=O)c2ccccc2O1. The zero-order chi connectivity index (χ0) is 22.6. The minimum atomic E-state index is -3.53. The van der Waals surface area contributed by atoms with Gasteiger partial charge in [-0.15, -0.1) is 0 Å². The minimum absolute atomic E-state index is 0.105. The van der Waals surface area contributed by atoms with Gasteiger partial charge in [0, 0.05) is 26.1 Å². The number of ether oxygens (including phenoxy) is 1. The third-order valence-corrected chi connectivity index (χ3v) is 6.34. The highest BCUT2D eigenvalue weighted by atomic mass is 32.2. The van der Waals surface area contributed by atoms with Gasteiger partial charge in [-0.25, -0.2) is 8.42 Å². The molecule has 1 N–H and O–H groups in total. The second-order valence-electron chi connectivity index (χ2n) is 7.21. The Morgan fingerprint density at radius 3 is 2.42 bits per heavy atom. The summed E-state index contributed by atoms with van der Waals surface area (Å²) in [5.74, 6) is -0.292. The van der Waals surface area contributed by atoms with E-state index in [-0.39, 0.29) is 18.9 Å². The summed E-state index contributed by atoms with van der Waals surface area (Å²) in [7, 11) is -3.53. The highest BCUT2D eigenvalue weighted by Gasteiger charge is 2.31. The fraction of sp³-hybridized carbons (Fsp3) is 0.364. The van der Waals surface area contributed by atoms with Crippen LogP contribution in [0.3, 0.4) is 0 Å². The van der Waals surface area contributed by atoms with E-state index in [1.54, 1.807) is 53.4 Å². The summed E-state index contributed by atoms with van der Waals surface area (Å²) in [6.45, 7) is 5.01. The molecule has 1 heterocycles. The van der Waals surface area contributed by atoms with Crippen molar-refractivity contribution in [1.82, 2.24) is 4.90 Å². The number of sulfonamides is 1. The molecule has 1 unspecified atom stereocenters. The van der Waals surface area contributed by atoms with Crippen LogP contribution in [-0.4, -0.2) is 57.1 Å². The smallest absolute Gasteiger partial charge is 0.265 e. The van der Waals surface area contributed by atoms with E-state index < -0.39 is 22.0 Å². The Kier molecular flexibility index (Phi) is 6.84. The lowest BCUT2D eigenvalue weighted by Crippen LogP contribution is -2.36. The fourth-order valence-corrected chi connectivity index (χ4v) is 4.48. The standard InChI is InChI=1S/C22H27N3O5S/c1-4-24(5-2)22(27)16-10-6-7-11-17(16)23-21(26)20-14-15-25(31(3,28)29)18-12-8-9-13-19(18)30-20/h6-13,20H,4-5,14-15H2,1-3H3,(H,23,26). The van der Waals surface area contributed by atoms with Crippen molar-refractivity contribution in [3.8, 4) is 5.75 Å². The van der Waals surface area contributed by atoms with E-state index in [0.717, 1.165) is 6.26 Å². The number of nitrogens with one attached hydrogen (secondary N) is 1. The molecule has 1 atom stereocenters. The van der Waals surface area contributed by atoms with E-state index in [1.807, 2.05) is 13.8 Å². The molecule has 0 fully saturated rings. The molecule has 1 aliphatic heterocycles. The summed E-state index contributed by atoms with van der Waals surface area (Å²) in [5, 5.41) is 2.80. The second kappa shape index (κ2) is 9.38. The maximum absolute atomic E-state index is 13.0. The van der Waals surface area contributed by atoms with Crippen LogP contribution in [0, 0.1) is 0 Å². The number of amides is 2. The Morgan fingerprint density at radius 1 is 1.10 bits per heavy atom. The van der Waals surface area contributed by atoms with Crippen molar-refractivity contribution < 1.29 is 22.7 Å². The first-order valence-corrected chi connectivity index (χ1v) is 12.0.